The van der Waals surface area contributed by atoms with Gasteiger partial charge in [-0.3, -0.25) is 9.59 Å². The van der Waals surface area contributed by atoms with Gasteiger partial charge in [0.1, 0.15) is 5.69 Å². The van der Waals surface area contributed by atoms with Gasteiger partial charge in [0.05, 0.1) is 0 Å². The van der Waals surface area contributed by atoms with Gasteiger partial charge < -0.3 is 14.8 Å². The molecule has 1 N–H and O–H groups in total. The number of nitrogens with one attached hydrogen (secondary N) is 1. The van der Waals surface area contributed by atoms with Crippen molar-refractivity contribution in [2.75, 3.05) is 25.0 Å². The number of fused-ring (bicyclic) bond motifs is 4. The Morgan fingerprint density at radius 1 is 0.969 bits per heavy atom. The molecule has 32 heavy (non-hydrogen) atoms. The van der Waals surface area contributed by atoms with E-state index in [1.807, 2.05) is 10.6 Å². The number of amides is 1. The second-order valence-electron chi connectivity index (χ2n) is 10.1. The average molecular weight is 434 g/mol. The van der Waals surface area contributed by atoms with E-state index in [2.05, 4.69) is 46.6 Å². The summed E-state index contributed by atoms with van der Waals surface area (Å²) in [6.07, 6.45) is 8.80. The zero-order valence-corrected chi connectivity index (χ0v) is 19.0. The largest absolute Gasteiger partial charge is 0.321 e. The lowest BCUT2D eigenvalue weighted by Crippen LogP contribution is -2.47. The summed E-state index contributed by atoms with van der Waals surface area (Å²) in [6, 6.07) is 14.6. The number of pyridine rings is 1. The van der Waals surface area contributed by atoms with E-state index < -0.39 is 0 Å². The zero-order valence-electron chi connectivity index (χ0n) is 19.0. The van der Waals surface area contributed by atoms with Crippen LogP contribution < -0.4 is 10.9 Å². The molecule has 3 aliphatic rings. The lowest BCUT2D eigenvalue weighted by molar-refractivity contribution is -0.120. The number of aromatic nitrogens is 1. The van der Waals surface area contributed by atoms with Gasteiger partial charge in [0.2, 0.25) is 5.91 Å². The van der Waals surface area contributed by atoms with Crippen molar-refractivity contribution < 1.29 is 4.79 Å². The molecule has 5 rings (SSSR count). The Balaban J connectivity index is 1.23. The second kappa shape index (κ2) is 9.62. The Morgan fingerprint density at radius 3 is 2.59 bits per heavy atom. The maximum absolute atomic E-state index is 13.2. The number of benzene rings is 1. The molecule has 2 bridgehead atoms. The minimum atomic E-state index is -0.0149. The van der Waals surface area contributed by atoms with Crippen molar-refractivity contribution >= 4 is 11.6 Å². The van der Waals surface area contributed by atoms with E-state index in [9.17, 15) is 9.59 Å². The van der Waals surface area contributed by atoms with Gasteiger partial charge in [-0.05, 0) is 62.3 Å². The number of rotatable bonds is 6. The van der Waals surface area contributed by atoms with Crippen LogP contribution in [-0.4, -0.2) is 35.0 Å². The molecule has 1 saturated carbocycles. The molecule has 5 heteroatoms. The maximum Gasteiger partial charge on any atom is 0.274 e. The molecule has 2 aromatic rings. The third-order valence-corrected chi connectivity index (χ3v) is 7.70. The minimum absolute atomic E-state index is 0.0149. The number of carbonyl (C=O) groups excluding carboxylic acids is 1. The molecule has 2 aliphatic heterocycles. The van der Waals surface area contributed by atoms with Crippen LogP contribution in [0.15, 0.2) is 47.3 Å². The van der Waals surface area contributed by atoms with E-state index in [0.717, 1.165) is 64.0 Å². The molecule has 1 aromatic heterocycles. The summed E-state index contributed by atoms with van der Waals surface area (Å²) in [5.74, 6) is 1.02. The van der Waals surface area contributed by atoms with Crippen molar-refractivity contribution in [3.8, 4) is 0 Å². The first-order valence-electron chi connectivity index (χ1n) is 12.5. The average Bonchev–Trinajstić information content (AvgIpc) is 2.82. The summed E-state index contributed by atoms with van der Waals surface area (Å²) in [6.45, 7) is 3.98. The van der Waals surface area contributed by atoms with Gasteiger partial charge >= 0.3 is 0 Å². The molecule has 170 valence electrons. The van der Waals surface area contributed by atoms with Crippen molar-refractivity contribution in [3.05, 3.63) is 64.1 Å². The molecule has 1 aromatic carbocycles. The molecule has 0 spiro atoms. The molecule has 1 saturated heterocycles. The normalized spacial score (nSPS) is 23.5. The number of piperidine rings is 1. The van der Waals surface area contributed by atoms with Crippen LogP contribution in [-0.2, 0) is 17.8 Å². The van der Waals surface area contributed by atoms with Gasteiger partial charge in [-0.25, -0.2) is 0 Å². The number of nitrogens with zero attached hydrogens (tertiary/aromatic N) is 2. The molecule has 0 radical (unpaired) electrons. The van der Waals surface area contributed by atoms with Crippen molar-refractivity contribution in [2.45, 2.75) is 63.8 Å². The first-order chi connectivity index (χ1) is 15.7. The molecule has 2 atom stereocenters. The summed E-state index contributed by atoms with van der Waals surface area (Å²) in [5, 5.41) is 2.97. The van der Waals surface area contributed by atoms with Gasteiger partial charge in [0.15, 0.2) is 0 Å². The molecule has 3 heterocycles. The fourth-order valence-corrected chi connectivity index (χ4v) is 6.07. The molecule has 0 unspecified atom stereocenters. The predicted octanol–water partition coefficient (Wildman–Crippen LogP) is 4.42. The number of hydrogen-bond donors (Lipinski definition) is 1. The zero-order chi connectivity index (χ0) is 21.9. The summed E-state index contributed by atoms with van der Waals surface area (Å²) in [4.78, 5) is 28.5. The third-order valence-electron chi connectivity index (χ3n) is 7.70. The van der Waals surface area contributed by atoms with E-state index in [4.69, 9.17) is 0 Å². The first-order valence-corrected chi connectivity index (χ1v) is 12.5. The highest BCUT2D eigenvalue weighted by molar-refractivity contribution is 5.92. The maximum atomic E-state index is 13.2. The monoisotopic (exact) mass is 433 g/mol. The highest BCUT2D eigenvalue weighted by Crippen LogP contribution is 2.35. The SMILES string of the molecule is O=C(Nc1ccc2n(c1=O)C[C@H]1C[C@@H]2CN(CCCc2ccccc2)C1)C1CCCCC1. The van der Waals surface area contributed by atoms with Crippen LogP contribution in [0.1, 0.15) is 62.1 Å². The van der Waals surface area contributed by atoms with Crippen molar-refractivity contribution in [2.24, 2.45) is 11.8 Å². The summed E-state index contributed by atoms with van der Waals surface area (Å²) >= 11 is 0. The topological polar surface area (TPSA) is 54.3 Å². The fraction of sp³-hybridized carbons (Fsp3) is 0.556. The fourth-order valence-electron chi connectivity index (χ4n) is 6.07. The Morgan fingerprint density at radius 2 is 1.78 bits per heavy atom. The number of carbonyl (C=O) groups is 1. The molecule has 1 amide bonds. The first kappa shape index (κ1) is 21.4. The Labute approximate surface area is 190 Å². The smallest absolute Gasteiger partial charge is 0.274 e. The lowest BCUT2D eigenvalue weighted by atomic mass is 9.83. The van der Waals surface area contributed by atoms with Crippen molar-refractivity contribution in [1.29, 1.82) is 0 Å². The van der Waals surface area contributed by atoms with Crippen LogP contribution in [0, 0.1) is 11.8 Å². The van der Waals surface area contributed by atoms with Gasteiger partial charge in [0.25, 0.3) is 5.56 Å². The number of aryl methyl sites for hydroxylation is 1. The van der Waals surface area contributed by atoms with E-state index in [1.165, 1.54) is 24.8 Å². The van der Waals surface area contributed by atoms with Crippen LogP contribution in [0.3, 0.4) is 0 Å². The summed E-state index contributed by atoms with van der Waals surface area (Å²) < 4.78 is 1.95. The van der Waals surface area contributed by atoms with E-state index in [-0.39, 0.29) is 17.4 Å². The van der Waals surface area contributed by atoms with Crippen LogP contribution in [0.2, 0.25) is 0 Å². The van der Waals surface area contributed by atoms with Crippen LogP contribution >= 0.6 is 0 Å². The molecule has 5 nitrogen and oxygen atoms in total. The summed E-state index contributed by atoms with van der Waals surface area (Å²) in [7, 11) is 0. The quantitative estimate of drug-likeness (QED) is 0.734. The minimum Gasteiger partial charge on any atom is -0.321 e. The van der Waals surface area contributed by atoms with Gasteiger partial charge in [-0.15, -0.1) is 0 Å². The number of hydrogen-bond acceptors (Lipinski definition) is 3. The molecule has 2 fully saturated rings. The third kappa shape index (κ3) is 4.68. The van der Waals surface area contributed by atoms with Crippen LogP contribution in [0.25, 0.3) is 0 Å². The van der Waals surface area contributed by atoms with Gasteiger partial charge in [0, 0.05) is 37.2 Å². The Kier molecular flexibility index (Phi) is 6.44. The second-order valence-corrected chi connectivity index (χ2v) is 10.1. The van der Waals surface area contributed by atoms with Gasteiger partial charge in [-0.1, -0.05) is 49.6 Å². The number of anilines is 1. The van der Waals surface area contributed by atoms with Crippen LogP contribution in [0.4, 0.5) is 5.69 Å². The predicted molar refractivity (Wildman–Crippen MR) is 128 cm³/mol. The number of likely N-dealkylation sites (tertiary alicyclic amines) is 1. The van der Waals surface area contributed by atoms with Crippen molar-refractivity contribution in [3.63, 3.8) is 0 Å². The lowest BCUT2D eigenvalue weighted by Gasteiger charge is -2.43. The van der Waals surface area contributed by atoms with E-state index >= 15 is 0 Å². The highest BCUT2D eigenvalue weighted by atomic mass is 16.2. The Bertz CT molecular complexity index is 994. The van der Waals surface area contributed by atoms with E-state index in [0.29, 0.717) is 17.5 Å². The van der Waals surface area contributed by atoms with Crippen LogP contribution in [0.5, 0.6) is 0 Å². The standard InChI is InChI=1S/C27H35N3O2/c31-26(22-11-5-2-6-12-22)28-24-13-14-25-23-16-21(18-30(25)27(24)32)17-29(19-23)15-7-10-20-8-3-1-4-9-20/h1,3-4,8-9,13-14,21-23H,2,5-7,10-12,15-19H2,(H,28,31)/t21-,23+/m0/s1. The highest BCUT2D eigenvalue weighted by Gasteiger charge is 2.35. The molecular formula is C27H35N3O2. The molecular weight excluding hydrogens is 398 g/mol. The Hall–Kier alpha value is -2.40. The van der Waals surface area contributed by atoms with Gasteiger partial charge in [-0.2, -0.15) is 0 Å². The van der Waals surface area contributed by atoms with Crippen molar-refractivity contribution in [1.82, 2.24) is 9.47 Å². The summed E-state index contributed by atoms with van der Waals surface area (Å²) in [5.41, 5.74) is 3.00. The molecule has 1 aliphatic carbocycles. The van der Waals surface area contributed by atoms with E-state index in [1.54, 1.807) is 0 Å².